The van der Waals surface area contributed by atoms with E-state index in [0.29, 0.717) is 6.04 Å². The number of hydrogen-bond acceptors (Lipinski definition) is 3. The van der Waals surface area contributed by atoms with Crippen LogP contribution in [-0.4, -0.2) is 20.3 Å². The minimum atomic E-state index is 0.319. The summed E-state index contributed by atoms with van der Waals surface area (Å²) in [6.45, 7) is 5.33. The maximum Gasteiger partial charge on any atom is 0.124 e. The Morgan fingerprint density at radius 1 is 1.23 bits per heavy atom. The Kier molecular flexibility index (Phi) is 4.45. The smallest absolute Gasteiger partial charge is 0.124 e. The molecule has 0 fully saturated rings. The summed E-state index contributed by atoms with van der Waals surface area (Å²) in [6.07, 6.45) is 2.87. The fourth-order valence-electron chi connectivity index (χ4n) is 2.80. The molecule has 1 N–H and O–H groups in total. The normalized spacial score (nSPS) is 16.5. The number of methoxy groups -OCH3 is 1. The highest BCUT2D eigenvalue weighted by Gasteiger charge is 2.21. The summed E-state index contributed by atoms with van der Waals surface area (Å²) in [4.78, 5) is 0. The van der Waals surface area contributed by atoms with Gasteiger partial charge in [0.15, 0.2) is 0 Å². The highest BCUT2D eigenvalue weighted by Crippen LogP contribution is 2.35. The summed E-state index contributed by atoms with van der Waals surface area (Å²) < 4.78 is 11.0. The molecule has 0 aliphatic carbocycles. The fraction of sp³-hybridized carbons (Fsp3) is 0.263. The van der Waals surface area contributed by atoms with Gasteiger partial charge in [0.1, 0.15) is 11.5 Å². The van der Waals surface area contributed by atoms with Crippen molar-refractivity contribution < 1.29 is 9.47 Å². The zero-order valence-corrected chi connectivity index (χ0v) is 12.8. The van der Waals surface area contributed by atoms with Gasteiger partial charge in [-0.25, -0.2) is 0 Å². The lowest BCUT2D eigenvalue weighted by atomic mass is 9.95. The SMILES string of the molecule is C=CCNC1CCOc2ccc(-c3ccc(OC)cc3)cc21. The third kappa shape index (κ3) is 3.00. The molecule has 1 heterocycles. The molecule has 1 aliphatic heterocycles. The van der Waals surface area contributed by atoms with Crippen molar-refractivity contribution in [1.82, 2.24) is 5.32 Å². The molecule has 1 atom stereocenters. The molecule has 0 bridgehead atoms. The third-order valence-electron chi connectivity index (χ3n) is 3.98. The summed E-state index contributed by atoms with van der Waals surface area (Å²) in [5.74, 6) is 1.85. The zero-order valence-electron chi connectivity index (χ0n) is 12.8. The second-order valence-electron chi connectivity index (χ2n) is 5.37. The van der Waals surface area contributed by atoms with Crippen LogP contribution in [0, 0.1) is 0 Å². The van der Waals surface area contributed by atoms with Gasteiger partial charge in [-0.3, -0.25) is 0 Å². The molecule has 0 amide bonds. The van der Waals surface area contributed by atoms with E-state index in [9.17, 15) is 0 Å². The molecule has 0 spiro atoms. The van der Waals surface area contributed by atoms with Crippen LogP contribution in [0.5, 0.6) is 11.5 Å². The Balaban J connectivity index is 1.91. The first kappa shape index (κ1) is 14.7. The number of hydrogen-bond donors (Lipinski definition) is 1. The molecule has 3 heteroatoms. The number of fused-ring (bicyclic) bond motifs is 1. The lowest BCUT2D eigenvalue weighted by molar-refractivity contribution is 0.255. The van der Waals surface area contributed by atoms with E-state index in [1.165, 1.54) is 16.7 Å². The Morgan fingerprint density at radius 3 is 2.73 bits per heavy atom. The maximum absolute atomic E-state index is 5.78. The first-order chi connectivity index (χ1) is 10.8. The van der Waals surface area contributed by atoms with Crippen LogP contribution in [-0.2, 0) is 0 Å². The predicted molar refractivity (Wildman–Crippen MR) is 89.5 cm³/mol. The molecular weight excluding hydrogens is 274 g/mol. The minimum absolute atomic E-state index is 0.319. The van der Waals surface area contributed by atoms with Crippen molar-refractivity contribution >= 4 is 0 Å². The number of nitrogens with one attached hydrogen (secondary N) is 1. The zero-order chi connectivity index (χ0) is 15.4. The summed E-state index contributed by atoms with van der Waals surface area (Å²) in [6, 6.07) is 14.8. The minimum Gasteiger partial charge on any atom is -0.497 e. The molecule has 2 aromatic carbocycles. The van der Waals surface area contributed by atoms with E-state index in [1.54, 1.807) is 7.11 Å². The topological polar surface area (TPSA) is 30.5 Å². The predicted octanol–water partition coefficient (Wildman–Crippen LogP) is 3.96. The largest absolute Gasteiger partial charge is 0.497 e. The van der Waals surface area contributed by atoms with Gasteiger partial charge in [-0.2, -0.15) is 0 Å². The Bertz CT molecular complexity index is 649. The van der Waals surface area contributed by atoms with E-state index in [2.05, 4.69) is 42.2 Å². The van der Waals surface area contributed by atoms with Gasteiger partial charge < -0.3 is 14.8 Å². The molecule has 0 saturated heterocycles. The third-order valence-corrected chi connectivity index (χ3v) is 3.98. The second-order valence-corrected chi connectivity index (χ2v) is 5.37. The second kappa shape index (κ2) is 6.67. The molecule has 3 rings (SSSR count). The summed E-state index contributed by atoms with van der Waals surface area (Å²) >= 11 is 0. The van der Waals surface area contributed by atoms with Crippen LogP contribution in [0.1, 0.15) is 18.0 Å². The first-order valence-electron chi connectivity index (χ1n) is 7.57. The van der Waals surface area contributed by atoms with Crippen molar-refractivity contribution in [1.29, 1.82) is 0 Å². The van der Waals surface area contributed by atoms with E-state index in [-0.39, 0.29) is 0 Å². The van der Waals surface area contributed by atoms with Crippen LogP contribution < -0.4 is 14.8 Å². The Hall–Kier alpha value is -2.26. The van der Waals surface area contributed by atoms with Crippen LogP contribution in [0.2, 0.25) is 0 Å². The maximum atomic E-state index is 5.78. The van der Waals surface area contributed by atoms with Crippen molar-refractivity contribution in [2.75, 3.05) is 20.3 Å². The summed E-state index contributed by atoms with van der Waals surface area (Å²) in [5, 5.41) is 3.51. The number of rotatable bonds is 5. The monoisotopic (exact) mass is 295 g/mol. The van der Waals surface area contributed by atoms with Gasteiger partial charge in [0, 0.05) is 24.6 Å². The van der Waals surface area contributed by atoms with Crippen LogP contribution in [0.4, 0.5) is 0 Å². The lowest BCUT2D eigenvalue weighted by Gasteiger charge is -2.27. The summed E-state index contributed by atoms with van der Waals surface area (Å²) in [7, 11) is 1.68. The average molecular weight is 295 g/mol. The van der Waals surface area contributed by atoms with Gasteiger partial charge in [-0.05, 0) is 35.4 Å². The standard InChI is InChI=1S/C19H21NO2/c1-3-11-20-18-10-12-22-19-9-6-15(13-17(18)19)14-4-7-16(21-2)8-5-14/h3-9,13,18,20H,1,10-12H2,2H3. The van der Waals surface area contributed by atoms with Crippen molar-refractivity contribution in [2.45, 2.75) is 12.5 Å². The van der Waals surface area contributed by atoms with Gasteiger partial charge in [-0.15, -0.1) is 6.58 Å². The van der Waals surface area contributed by atoms with Crippen LogP contribution in [0.15, 0.2) is 55.1 Å². The van der Waals surface area contributed by atoms with Crippen LogP contribution in [0.3, 0.4) is 0 Å². The van der Waals surface area contributed by atoms with E-state index in [0.717, 1.165) is 31.1 Å². The van der Waals surface area contributed by atoms with Crippen LogP contribution in [0.25, 0.3) is 11.1 Å². The van der Waals surface area contributed by atoms with E-state index in [4.69, 9.17) is 9.47 Å². The average Bonchev–Trinajstić information content (AvgIpc) is 2.59. The molecule has 22 heavy (non-hydrogen) atoms. The van der Waals surface area contributed by atoms with E-state index >= 15 is 0 Å². The van der Waals surface area contributed by atoms with Gasteiger partial charge in [0.05, 0.1) is 13.7 Å². The highest BCUT2D eigenvalue weighted by molar-refractivity contribution is 5.67. The van der Waals surface area contributed by atoms with Crippen molar-refractivity contribution in [3.8, 4) is 22.6 Å². The Labute approximate surface area is 131 Å². The van der Waals surface area contributed by atoms with Crippen molar-refractivity contribution in [3.63, 3.8) is 0 Å². The quantitative estimate of drug-likeness (QED) is 0.847. The van der Waals surface area contributed by atoms with Crippen LogP contribution >= 0.6 is 0 Å². The van der Waals surface area contributed by atoms with Gasteiger partial charge >= 0.3 is 0 Å². The molecular formula is C19H21NO2. The molecule has 0 aromatic heterocycles. The summed E-state index contributed by atoms with van der Waals surface area (Å²) in [5.41, 5.74) is 3.59. The molecule has 0 saturated carbocycles. The lowest BCUT2D eigenvalue weighted by Crippen LogP contribution is -2.27. The molecule has 0 radical (unpaired) electrons. The molecule has 2 aromatic rings. The highest BCUT2D eigenvalue weighted by atomic mass is 16.5. The Morgan fingerprint density at radius 2 is 2.00 bits per heavy atom. The van der Waals surface area contributed by atoms with E-state index in [1.807, 2.05) is 18.2 Å². The fourth-order valence-corrected chi connectivity index (χ4v) is 2.80. The van der Waals surface area contributed by atoms with Crippen molar-refractivity contribution in [2.24, 2.45) is 0 Å². The molecule has 1 unspecified atom stereocenters. The van der Waals surface area contributed by atoms with E-state index < -0.39 is 0 Å². The first-order valence-corrected chi connectivity index (χ1v) is 7.57. The molecule has 1 aliphatic rings. The number of benzene rings is 2. The van der Waals surface area contributed by atoms with Gasteiger partial charge in [0.25, 0.3) is 0 Å². The van der Waals surface area contributed by atoms with Crippen molar-refractivity contribution in [3.05, 3.63) is 60.7 Å². The van der Waals surface area contributed by atoms with Gasteiger partial charge in [0.2, 0.25) is 0 Å². The number of ether oxygens (including phenoxy) is 2. The molecule has 114 valence electrons. The molecule has 3 nitrogen and oxygen atoms in total. The van der Waals surface area contributed by atoms with Gasteiger partial charge in [-0.1, -0.05) is 24.3 Å².